The first-order chi connectivity index (χ1) is 14.6. The number of hydrogen-bond acceptors (Lipinski definition) is 3. The van der Waals surface area contributed by atoms with Gasteiger partial charge in [0.25, 0.3) is 0 Å². The van der Waals surface area contributed by atoms with E-state index in [1.54, 1.807) is 29.1 Å². The number of nitrogens with one attached hydrogen (secondary N) is 2. The summed E-state index contributed by atoms with van der Waals surface area (Å²) in [6, 6.07) is 20.2. The Labute approximate surface area is 173 Å². The van der Waals surface area contributed by atoms with Gasteiger partial charge in [0.05, 0.1) is 23.1 Å². The van der Waals surface area contributed by atoms with Gasteiger partial charge in [0.2, 0.25) is 0 Å². The second-order valence-electron chi connectivity index (χ2n) is 7.08. The Hall–Kier alpha value is -3.74. The first-order valence-corrected chi connectivity index (χ1v) is 9.80. The molecule has 2 aromatic carbocycles. The van der Waals surface area contributed by atoms with E-state index in [-0.39, 0.29) is 6.03 Å². The number of benzene rings is 2. The average molecular weight is 403 g/mol. The SMILES string of the molecule is CC(F)CCc1cc(NC(=O)Nc2ccccc2)n(-c2ccc3ncccc3c2)n1. The predicted molar refractivity (Wildman–Crippen MR) is 117 cm³/mol. The van der Waals surface area contributed by atoms with Crippen LogP contribution in [0.5, 0.6) is 0 Å². The van der Waals surface area contributed by atoms with Crippen LogP contribution in [-0.2, 0) is 6.42 Å². The lowest BCUT2D eigenvalue weighted by Gasteiger charge is -2.10. The molecule has 0 fully saturated rings. The van der Waals surface area contributed by atoms with Crippen molar-refractivity contribution in [2.75, 3.05) is 10.6 Å². The van der Waals surface area contributed by atoms with Crippen LogP contribution in [0.15, 0.2) is 72.9 Å². The highest BCUT2D eigenvalue weighted by Gasteiger charge is 2.14. The molecule has 2 amide bonds. The van der Waals surface area contributed by atoms with Gasteiger partial charge in [-0.25, -0.2) is 13.9 Å². The van der Waals surface area contributed by atoms with E-state index in [0.29, 0.717) is 30.0 Å². The molecule has 0 spiro atoms. The fourth-order valence-corrected chi connectivity index (χ4v) is 3.18. The van der Waals surface area contributed by atoms with E-state index in [1.165, 1.54) is 6.92 Å². The molecule has 0 radical (unpaired) electrons. The van der Waals surface area contributed by atoms with Gasteiger partial charge in [-0.3, -0.25) is 10.3 Å². The number of aryl methyl sites for hydroxylation is 1. The first-order valence-electron chi connectivity index (χ1n) is 9.80. The summed E-state index contributed by atoms with van der Waals surface area (Å²) in [7, 11) is 0. The molecule has 4 aromatic rings. The molecule has 2 N–H and O–H groups in total. The van der Waals surface area contributed by atoms with E-state index in [1.807, 2.05) is 48.5 Å². The lowest BCUT2D eigenvalue weighted by molar-refractivity contribution is 0.262. The van der Waals surface area contributed by atoms with Gasteiger partial charge in [-0.2, -0.15) is 5.10 Å². The molecule has 0 saturated carbocycles. The molecule has 6 nitrogen and oxygen atoms in total. The van der Waals surface area contributed by atoms with Gasteiger partial charge < -0.3 is 5.32 Å². The summed E-state index contributed by atoms with van der Waals surface area (Å²) in [6.45, 7) is 1.53. The number of urea groups is 1. The Morgan fingerprint density at radius 2 is 1.90 bits per heavy atom. The highest BCUT2D eigenvalue weighted by atomic mass is 19.1. The van der Waals surface area contributed by atoms with Crippen molar-refractivity contribution in [1.82, 2.24) is 14.8 Å². The maximum Gasteiger partial charge on any atom is 0.324 e. The molecule has 2 heterocycles. The zero-order chi connectivity index (χ0) is 20.9. The summed E-state index contributed by atoms with van der Waals surface area (Å²) >= 11 is 0. The zero-order valence-electron chi connectivity index (χ0n) is 16.5. The summed E-state index contributed by atoms with van der Waals surface area (Å²) in [5.41, 5.74) is 3.05. The minimum Gasteiger partial charge on any atom is -0.308 e. The van der Waals surface area contributed by atoms with Crippen LogP contribution in [0.4, 0.5) is 20.7 Å². The molecule has 1 atom stereocenters. The number of carbonyl (C=O) groups is 1. The van der Waals surface area contributed by atoms with E-state index in [4.69, 9.17) is 0 Å². The molecule has 4 rings (SSSR count). The van der Waals surface area contributed by atoms with Gasteiger partial charge in [-0.1, -0.05) is 24.3 Å². The van der Waals surface area contributed by atoms with Crippen molar-refractivity contribution in [2.24, 2.45) is 0 Å². The number of pyridine rings is 1. The van der Waals surface area contributed by atoms with Crippen LogP contribution in [0.3, 0.4) is 0 Å². The van der Waals surface area contributed by atoms with Crippen LogP contribution >= 0.6 is 0 Å². The van der Waals surface area contributed by atoms with E-state index >= 15 is 0 Å². The van der Waals surface area contributed by atoms with Gasteiger partial charge >= 0.3 is 6.03 Å². The maximum atomic E-state index is 13.3. The van der Waals surface area contributed by atoms with Gasteiger partial charge in [-0.05, 0) is 56.2 Å². The molecular formula is C23H22FN5O. The third-order valence-corrected chi connectivity index (χ3v) is 4.66. The number of para-hydroxylation sites is 1. The highest BCUT2D eigenvalue weighted by Crippen LogP contribution is 2.22. The molecule has 152 valence electrons. The average Bonchev–Trinajstić information content (AvgIpc) is 3.15. The van der Waals surface area contributed by atoms with Gasteiger partial charge in [0.1, 0.15) is 5.82 Å². The molecule has 1 unspecified atom stereocenters. The smallest absolute Gasteiger partial charge is 0.308 e. The van der Waals surface area contributed by atoms with Gasteiger partial charge in [0, 0.05) is 23.3 Å². The number of nitrogens with zero attached hydrogens (tertiary/aromatic N) is 3. The van der Waals surface area contributed by atoms with Crippen molar-refractivity contribution in [3.05, 3.63) is 78.6 Å². The molecule has 0 saturated heterocycles. The maximum absolute atomic E-state index is 13.3. The van der Waals surface area contributed by atoms with Crippen LogP contribution in [-0.4, -0.2) is 27.0 Å². The summed E-state index contributed by atoms with van der Waals surface area (Å²) in [5.74, 6) is 0.508. The second kappa shape index (κ2) is 8.73. The second-order valence-corrected chi connectivity index (χ2v) is 7.08. The summed E-state index contributed by atoms with van der Waals surface area (Å²) < 4.78 is 15.0. The standard InChI is InChI=1S/C23H22FN5O/c1-16(24)9-10-19-15-22(27-23(30)26-18-7-3-2-4-8-18)29(28-19)20-11-12-21-17(14-20)6-5-13-25-21/h2-8,11-16H,9-10H2,1H3,(H2,26,27,30). The van der Waals surface area contributed by atoms with E-state index in [2.05, 4.69) is 20.7 Å². The number of hydrogen-bond donors (Lipinski definition) is 2. The highest BCUT2D eigenvalue weighted by molar-refractivity contribution is 5.99. The van der Waals surface area contributed by atoms with Crippen LogP contribution in [0.25, 0.3) is 16.6 Å². The van der Waals surface area contributed by atoms with E-state index in [9.17, 15) is 9.18 Å². The largest absolute Gasteiger partial charge is 0.324 e. The topological polar surface area (TPSA) is 71.8 Å². The molecule has 7 heteroatoms. The lowest BCUT2D eigenvalue weighted by atomic mass is 10.2. The molecule has 0 aliphatic carbocycles. The van der Waals surface area contributed by atoms with Crippen LogP contribution in [0, 0.1) is 0 Å². The Bertz CT molecular complexity index is 1160. The van der Waals surface area contributed by atoms with Crippen LogP contribution < -0.4 is 10.6 Å². The molecule has 0 bridgehead atoms. The quantitative estimate of drug-likeness (QED) is 0.455. The molecule has 0 aliphatic heterocycles. The lowest BCUT2D eigenvalue weighted by Crippen LogP contribution is -2.21. The third-order valence-electron chi connectivity index (χ3n) is 4.66. The monoisotopic (exact) mass is 403 g/mol. The van der Waals surface area contributed by atoms with Gasteiger partial charge in [0.15, 0.2) is 0 Å². The number of carbonyl (C=O) groups excluding carboxylic acids is 1. The first kappa shape index (κ1) is 19.6. The number of amides is 2. The third kappa shape index (κ3) is 4.63. The normalized spacial score (nSPS) is 11.9. The van der Waals surface area contributed by atoms with Crippen molar-refractivity contribution in [2.45, 2.75) is 25.9 Å². The van der Waals surface area contributed by atoms with Crippen molar-refractivity contribution in [3.63, 3.8) is 0 Å². The zero-order valence-corrected chi connectivity index (χ0v) is 16.5. The van der Waals surface area contributed by atoms with E-state index < -0.39 is 6.17 Å². The number of halogens is 1. The number of aromatic nitrogens is 3. The van der Waals surface area contributed by atoms with Gasteiger partial charge in [-0.15, -0.1) is 0 Å². The van der Waals surface area contributed by atoms with Crippen molar-refractivity contribution in [3.8, 4) is 5.69 Å². The van der Waals surface area contributed by atoms with E-state index in [0.717, 1.165) is 16.6 Å². The molecule has 2 aromatic heterocycles. The fraction of sp³-hybridized carbons (Fsp3) is 0.174. The fourth-order valence-electron chi connectivity index (χ4n) is 3.18. The number of rotatable bonds is 6. The van der Waals surface area contributed by atoms with Crippen molar-refractivity contribution >= 4 is 28.4 Å². The van der Waals surface area contributed by atoms with Crippen LogP contribution in [0.1, 0.15) is 19.0 Å². The summed E-state index contributed by atoms with van der Waals surface area (Å²) in [4.78, 5) is 16.9. The Kier molecular flexibility index (Phi) is 5.70. The minimum atomic E-state index is -0.917. The number of anilines is 2. The number of alkyl halides is 1. The predicted octanol–water partition coefficient (Wildman–Crippen LogP) is 5.36. The van der Waals surface area contributed by atoms with Crippen molar-refractivity contribution < 1.29 is 9.18 Å². The Morgan fingerprint density at radius 1 is 1.07 bits per heavy atom. The minimum absolute atomic E-state index is 0.369. The molecule has 0 aliphatic rings. The Morgan fingerprint density at radius 3 is 2.70 bits per heavy atom. The number of fused-ring (bicyclic) bond motifs is 1. The summed E-state index contributed by atoms with van der Waals surface area (Å²) in [5, 5.41) is 11.2. The summed E-state index contributed by atoms with van der Waals surface area (Å²) in [6.07, 6.45) is 1.68. The van der Waals surface area contributed by atoms with Crippen LogP contribution in [0.2, 0.25) is 0 Å². The van der Waals surface area contributed by atoms with Crippen molar-refractivity contribution in [1.29, 1.82) is 0 Å². The molecular weight excluding hydrogens is 381 g/mol. The molecule has 30 heavy (non-hydrogen) atoms. The Balaban J connectivity index is 1.64.